The molecule has 4 aromatic rings. The van der Waals surface area contributed by atoms with Crippen LogP contribution in [0.1, 0.15) is 26.6 Å². The summed E-state index contributed by atoms with van der Waals surface area (Å²) in [7, 11) is 0. The Morgan fingerprint density at radius 3 is 2.24 bits per heavy atom. The zero-order valence-corrected chi connectivity index (χ0v) is 19.5. The van der Waals surface area contributed by atoms with E-state index in [0.717, 1.165) is 55.3 Å². The number of hydrogen-bond donors (Lipinski definition) is 0. The van der Waals surface area contributed by atoms with Gasteiger partial charge in [-0.15, -0.1) is 11.3 Å². The molecule has 6 rings (SSSR count). The lowest BCUT2D eigenvalue weighted by Crippen LogP contribution is -2.48. The minimum atomic E-state index is 0.164. The van der Waals surface area contributed by atoms with Gasteiger partial charge in [0.1, 0.15) is 0 Å². The van der Waals surface area contributed by atoms with E-state index < -0.39 is 0 Å². The van der Waals surface area contributed by atoms with Crippen molar-refractivity contribution >= 4 is 22.9 Å². The summed E-state index contributed by atoms with van der Waals surface area (Å²) in [5, 5.41) is 4.86. The number of carbonyl (C=O) groups excluding carboxylic acids is 1. The van der Waals surface area contributed by atoms with Crippen LogP contribution in [0, 0.1) is 6.92 Å². The quantitative estimate of drug-likeness (QED) is 0.439. The molecule has 0 unspecified atom stereocenters. The van der Waals surface area contributed by atoms with Gasteiger partial charge in [-0.05, 0) is 55.7 Å². The second-order valence-electron chi connectivity index (χ2n) is 8.73. The number of benzene rings is 2. The fourth-order valence-corrected chi connectivity index (χ4v) is 6.33. The molecule has 3 heterocycles. The number of aromatic nitrogens is 2. The third-order valence-electron chi connectivity index (χ3n) is 6.72. The Labute approximate surface area is 197 Å². The summed E-state index contributed by atoms with van der Waals surface area (Å²) < 4.78 is 2.08. The van der Waals surface area contributed by atoms with Crippen molar-refractivity contribution in [1.29, 1.82) is 0 Å². The zero-order valence-electron chi connectivity index (χ0n) is 18.7. The Kier molecular flexibility index (Phi) is 5.03. The van der Waals surface area contributed by atoms with E-state index in [1.165, 1.54) is 27.4 Å². The Morgan fingerprint density at radius 2 is 1.55 bits per heavy atom. The van der Waals surface area contributed by atoms with Crippen molar-refractivity contribution < 1.29 is 4.79 Å². The summed E-state index contributed by atoms with van der Waals surface area (Å²) in [5.41, 5.74) is 7.12. The van der Waals surface area contributed by atoms with Crippen LogP contribution in [0.15, 0.2) is 66.7 Å². The van der Waals surface area contributed by atoms with Crippen molar-refractivity contribution in [3.05, 3.63) is 88.6 Å². The molecule has 1 fully saturated rings. The molecular formula is C27H26N4OS. The molecule has 2 aromatic heterocycles. The van der Waals surface area contributed by atoms with Crippen molar-refractivity contribution in [2.75, 3.05) is 31.1 Å². The van der Waals surface area contributed by atoms with Crippen LogP contribution in [-0.2, 0) is 12.8 Å². The highest BCUT2D eigenvalue weighted by atomic mass is 32.1. The molecule has 1 saturated heterocycles. The van der Waals surface area contributed by atoms with Gasteiger partial charge in [0.25, 0.3) is 5.91 Å². The first-order valence-electron chi connectivity index (χ1n) is 11.6. The van der Waals surface area contributed by atoms with Gasteiger partial charge < -0.3 is 9.80 Å². The van der Waals surface area contributed by atoms with Crippen molar-refractivity contribution in [3.63, 3.8) is 0 Å². The van der Waals surface area contributed by atoms with E-state index in [-0.39, 0.29) is 5.91 Å². The van der Waals surface area contributed by atoms with E-state index in [9.17, 15) is 4.79 Å². The highest BCUT2D eigenvalue weighted by Crippen LogP contribution is 2.42. The van der Waals surface area contributed by atoms with Crippen LogP contribution in [-0.4, -0.2) is 46.8 Å². The van der Waals surface area contributed by atoms with Crippen molar-refractivity contribution in [2.45, 2.75) is 19.8 Å². The van der Waals surface area contributed by atoms with Crippen LogP contribution in [0.3, 0.4) is 0 Å². The Bertz CT molecular complexity index is 1300. The summed E-state index contributed by atoms with van der Waals surface area (Å²) in [4.78, 5) is 19.8. The average molecular weight is 455 g/mol. The predicted molar refractivity (Wildman–Crippen MR) is 134 cm³/mol. The largest absolute Gasteiger partial charge is 0.368 e. The summed E-state index contributed by atoms with van der Waals surface area (Å²) in [6.45, 7) is 5.33. The van der Waals surface area contributed by atoms with E-state index in [2.05, 4.69) is 59.0 Å². The van der Waals surface area contributed by atoms with Crippen molar-refractivity contribution in [2.24, 2.45) is 0 Å². The predicted octanol–water partition coefficient (Wildman–Crippen LogP) is 4.97. The minimum absolute atomic E-state index is 0.164. The van der Waals surface area contributed by atoms with E-state index in [4.69, 9.17) is 5.10 Å². The molecule has 0 atom stereocenters. The monoisotopic (exact) mass is 454 g/mol. The van der Waals surface area contributed by atoms with Gasteiger partial charge in [-0.1, -0.05) is 36.4 Å². The molecule has 166 valence electrons. The third-order valence-corrected chi connectivity index (χ3v) is 7.91. The summed E-state index contributed by atoms with van der Waals surface area (Å²) in [5.74, 6) is 0.164. The van der Waals surface area contributed by atoms with Crippen molar-refractivity contribution in [1.82, 2.24) is 14.7 Å². The molecule has 2 aromatic carbocycles. The number of anilines is 1. The number of para-hydroxylation sites is 2. The first kappa shape index (κ1) is 20.2. The molecule has 0 spiro atoms. The number of hydrogen-bond acceptors (Lipinski definition) is 4. The fourth-order valence-electron chi connectivity index (χ4n) is 5.03. The minimum Gasteiger partial charge on any atom is -0.368 e. The highest BCUT2D eigenvalue weighted by molar-refractivity contribution is 7.17. The lowest BCUT2D eigenvalue weighted by Gasteiger charge is -2.36. The van der Waals surface area contributed by atoms with E-state index >= 15 is 0 Å². The average Bonchev–Trinajstić information content (AvgIpc) is 3.46. The number of aryl methyl sites for hydroxylation is 2. The van der Waals surface area contributed by atoms with Crippen LogP contribution in [0.2, 0.25) is 0 Å². The number of rotatable bonds is 3. The molecule has 1 aliphatic carbocycles. The van der Waals surface area contributed by atoms with Crippen LogP contribution >= 0.6 is 11.3 Å². The maximum atomic E-state index is 13.4. The number of nitrogens with zero attached hydrogens (tertiary/aromatic N) is 4. The third kappa shape index (κ3) is 3.55. The van der Waals surface area contributed by atoms with Gasteiger partial charge in [-0.2, -0.15) is 5.10 Å². The molecule has 0 saturated carbocycles. The first-order chi connectivity index (χ1) is 16.2. The fraction of sp³-hybridized carbons (Fsp3) is 0.259. The smallest absolute Gasteiger partial charge is 0.264 e. The van der Waals surface area contributed by atoms with Crippen LogP contribution in [0.25, 0.3) is 16.1 Å². The number of amides is 1. The van der Waals surface area contributed by atoms with Crippen LogP contribution < -0.4 is 4.90 Å². The maximum absolute atomic E-state index is 13.4. The molecule has 33 heavy (non-hydrogen) atoms. The molecule has 5 nitrogen and oxygen atoms in total. The molecule has 2 aliphatic rings. The lowest BCUT2D eigenvalue weighted by molar-refractivity contribution is 0.0751. The van der Waals surface area contributed by atoms with Crippen LogP contribution in [0.5, 0.6) is 0 Å². The van der Waals surface area contributed by atoms with Gasteiger partial charge in [0.2, 0.25) is 0 Å². The van der Waals surface area contributed by atoms with E-state index in [0.29, 0.717) is 0 Å². The molecule has 0 bridgehead atoms. The number of piperazine rings is 1. The topological polar surface area (TPSA) is 41.4 Å². The summed E-state index contributed by atoms with van der Waals surface area (Å²) in [6.07, 6.45) is 1.89. The molecule has 1 aliphatic heterocycles. The van der Waals surface area contributed by atoms with Crippen molar-refractivity contribution in [3.8, 4) is 16.1 Å². The van der Waals surface area contributed by atoms with E-state index in [1.54, 1.807) is 11.3 Å². The Morgan fingerprint density at radius 1 is 0.879 bits per heavy atom. The Hall–Kier alpha value is -3.38. The molecule has 1 amide bonds. The molecule has 0 radical (unpaired) electrons. The molecular weight excluding hydrogens is 428 g/mol. The SMILES string of the molecule is Cc1nn(-c2ccccc2)c2c1-c1sc(C(=O)N3CCN(c4ccccc4)CC3)cc1CC2. The second kappa shape index (κ2) is 8.19. The summed E-state index contributed by atoms with van der Waals surface area (Å²) >= 11 is 1.64. The number of carbonyl (C=O) groups is 1. The molecule has 6 heteroatoms. The normalized spacial score (nSPS) is 15.3. The van der Waals surface area contributed by atoms with E-state index in [1.807, 2.05) is 29.2 Å². The lowest BCUT2D eigenvalue weighted by atomic mass is 9.95. The van der Waals surface area contributed by atoms with Gasteiger partial charge >= 0.3 is 0 Å². The standard InChI is InChI=1S/C27H26N4OS/c1-19-25-23(31(28-19)22-10-6-3-7-11-22)13-12-20-18-24(33-26(20)25)27(32)30-16-14-29(15-17-30)21-8-4-2-5-9-21/h2-11,18H,12-17H2,1H3. The first-order valence-corrected chi connectivity index (χ1v) is 12.4. The number of fused-ring (bicyclic) bond motifs is 3. The zero-order chi connectivity index (χ0) is 22.4. The number of thiophene rings is 1. The van der Waals surface area contributed by atoms with Gasteiger partial charge in [0, 0.05) is 42.3 Å². The van der Waals surface area contributed by atoms with Crippen LogP contribution in [0.4, 0.5) is 5.69 Å². The maximum Gasteiger partial charge on any atom is 0.264 e. The van der Waals surface area contributed by atoms with Gasteiger partial charge in [0.05, 0.1) is 22.0 Å². The van der Waals surface area contributed by atoms with Gasteiger partial charge in [0.15, 0.2) is 0 Å². The highest BCUT2D eigenvalue weighted by Gasteiger charge is 2.29. The molecule has 0 N–H and O–H groups in total. The van der Waals surface area contributed by atoms with Gasteiger partial charge in [-0.3, -0.25) is 4.79 Å². The van der Waals surface area contributed by atoms with Gasteiger partial charge in [-0.25, -0.2) is 4.68 Å². The second-order valence-corrected chi connectivity index (χ2v) is 9.79. The summed E-state index contributed by atoms with van der Waals surface area (Å²) in [6, 6.07) is 22.9. The Balaban J connectivity index is 1.25.